The maximum absolute atomic E-state index is 11.9. The Morgan fingerprint density at radius 2 is 1.86 bits per heavy atom. The molecule has 0 saturated carbocycles. The lowest BCUT2D eigenvalue weighted by atomic mass is 10.0. The molecule has 0 aliphatic carbocycles. The molecule has 0 atom stereocenters. The number of carbonyl (C=O) groups is 3. The number of nitrogens with one attached hydrogen (secondary N) is 1. The van der Waals surface area contributed by atoms with Gasteiger partial charge in [0.25, 0.3) is 0 Å². The van der Waals surface area contributed by atoms with Crippen LogP contribution in [0.15, 0.2) is 18.2 Å². The van der Waals surface area contributed by atoms with Gasteiger partial charge in [0.15, 0.2) is 12.2 Å². The van der Waals surface area contributed by atoms with Gasteiger partial charge in [-0.05, 0) is 34.7 Å². The number of H-pyrrole nitrogens is 1. The van der Waals surface area contributed by atoms with Crippen LogP contribution in [0.3, 0.4) is 0 Å². The molecule has 0 amide bonds. The molecule has 0 bridgehead atoms. The topological polar surface area (TPSA) is 85.5 Å². The SMILES string of the molecule is COC(=O)C(C(=O)OC)c1[nH]c2cccc(I)c2c1C=O. The third-order valence-corrected chi connectivity index (χ3v) is 4.02. The molecule has 1 aromatic carbocycles. The van der Waals surface area contributed by atoms with E-state index in [4.69, 9.17) is 0 Å². The van der Waals surface area contributed by atoms with E-state index >= 15 is 0 Å². The molecule has 110 valence electrons. The van der Waals surface area contributed by atoms with Crippen LogP contribution in [0.4, 0.5) is 0 Å². The average molecular weight is 401 g/mol. The number of ether oxygens (including phenoxy) is 2. The zero-order valence-electron chi connectivity index (χ0n) is 11.3. The van der Waals surface area contributed by atoms with Crippen molar-refractivity contribution in [2.24, 2.45) is 0 Å². The Morgan fingerprint density at radius 3 is 2.38 bits per heavy atom. The van der Waals surface area contributed by atoms with Crippen molar-refractivity contribution in [1.29, 1.82) is 0 Å². The number of hydrogen-bond donors (Lipinski definition) is 1. The number of aldehydes is 1. The normalized spacial score (nSPS) is 10.7. The highest BCUT2D eigenvalue weighted by Crippen LogP contribution is 2.31. The largest absolute Gasteiger partial charge is 0.468 e. The fourth-order valence-electron chi connectivity index (χ4n) is 2.17. The van der Waals surface area contributed by atoms with Crippen molar-refractivity contribution in [3.63, 3.8) is 0 Å². The number of hydrogen-bond acceptors (Lipinski definition) is 5. The summed E-state index contributed by atoms with van der Waals surface area (Å²) in [6, 6.07) is 5.41. The van der Waals surface area contributed by atoms with Crippen LogP contribution < -0.4 is 0 Å². The van der Waals surface area contributed by atoms with E-state index in [-0.39, 0.29) is 11.3 Å². The molecule has 0 spiro atoms. The Balaban J connectivity index is 2.74. The van der Waals surface area contributed by atoms with Crippen LogP contribution in [0, 0.1) is 3.57 Å². The summed E-state index contributed by atoms with van der Waals surface area (Å²) in [7, 11) is 2.34. The molecule has 0 fully saturated rings. The minimum absolute atomic E-state index is 0.183. The first-order valence-corrected chi connectivity index (χ1v) is 7.04. The summed E-state index contributed by atoms with van der Waals surface area (Å²) in [5.74, 6) is -2.89. The van der Waals surface area contributed by atoms with E-state index in [2.05, 4.69) is 37.0 Å². The van der Waals surface area contributed by atoms with Crippen molar-refractivity contribution < 1.29 is 23.9 Å². The molecule has 1 N–H and O–H groups in total. The van der Waals surface area contributed by atoms with Gasteiger partial charge in [0.05, 0.1) is 19.9 Å². The van der Waals surface area contributed by atoms with Gasteiger partial charge >= 0.3 is 11.9 Å². The van der Waals surface area contributed by atoms with E-state index in [1.807, 2.05) is 12.1 Å². The Morgan fingerprint density at radius 1 is 1.24 bits per heavy atom. The van der Waals surface area contributed by atoms with Gasteiger partial charge in [-0.15, -0.1) is 0 Å². The van der Waals surface area contributed by atoms with Gasteiger partial charge in [-0.2, -0.15) is 0 Å². The minimum Gasteiger partial charge on any atom is -0.468 e. The first-order chi connectivity index (χ1) is 10.0. The van der Waals surface area contributed by atoms with E-state index in [0.29, 0.717) is 17.2 Å². The Kier molecular flexibility index (Phi) is 4.61. The summed E-state index contributed by atoms with van der Waals surface area (Å²) >= 11 is 2.09. The van der Waals surface area contributed by atoms with Crippen LogP contribution in [0.1, 0.15) is 22.0 Å². The van der Waals surface area contributed by atoms with E-state index in [1.165, 1.54) is 14.2 Å². The summed E-state index contributed by atoms with van der Waals surface area (Å²) in [4.78, 5) is 38.2. The molecule has 0 saturated heterocycles. The van der Waals surface area contributed by atoms with E-state index in [1.54, 1.807) is 6.07 Å². The number of methoxy groups -OCH3 is 2. The second-order valence-electron chi connectivity index (χ2n) is 4.21. The second-order valence-corrected chi connectivity index (χ2v) is 5.37. The van der Waals surface area contributed by atoms with Crippen LogP contribution in [0.2, 0.25) is 0 Å². The first-order valence-electron chi connectivity index (χ1n) is 5.96. The molecule has 2 aromatic rings. The second kappa shape index (κ2) is 6.25. The summed E-state index contributed by atoms with van der Waals surface area (Å²) in [5, 5.41) is 0.668. The Bertz CT molecular complexity index is 705. The molecule has 0 aliphatic rings. The van der Waals surface area contributed by atoms with Crippen LogP contribution in [-0.2, 0) is 19.1 Å². The standard InChI is InChI=1S/C14H12INO5/c1-20-13(18)11(14(19)21-2)12-7(6-17)10-8(15)4-3-5-9(10)16-12/h3-6,11,16H,1-2H3. The molecule has 1 heterocycles. The lowest BCUT2D eigenvalue weighted by Gasteiger charge is -2.11. The number of aromatic amines is 1. The number of aromatic nitrogens is 1. The van der Waals surface area contributed by atoms with Gasteiger partial charge in [-0.1, -0.05) is 6.07 Å². The number of esters is 2. The van der Waals surface area contributed by atoms with E-state index < -0.39 is 17.9 Å². The summed E-state index contributed by atoms with van der Waals surface area (Å²) in [6.45, 7) is 0. The summed E-state index contributed by atoms with van der Waals surface area (Å²) in [6.07, 6.45) is 0.620. The lowest BCUT2D eigenvalue weighted by Crippen LogP contribution is -2.25. The molecular weight excluding hydrogens is 389 g/mol. The van der Waals surface area contributed by atoms with Gasteiger partial charge in [-0.25, -0.2) is 0 Å². The number of rotatable bonds is 4. The fourth-order valence-corrected chi connectivity index (χ4v) is 2.96. The molecular formula is C14H12INO5. The monoisotopic (exact) mass is 401 g/mol. The summed E-state index contributed by atoms with van der Waals surface area (Å²) in [5.41, 5.74) is 1.11. The zero-order valence-corrected chi connectivity index (χ0v) is 13.5. The van der Waals surface area contributed by atoms with E-state index in [0.717, 1.165) is 3.57 Å². The smallest absolute Gasteiger partial charge is 0.326 e. The van der Waals surface area contributed by atoms with Gasteiger partial charge < -0.3 is 14.5 Å². The number of halogens is 1. The minimum atomic E-state index is -1.32. The number of carbonyl (C=O) groups excluding carboxylic acids is 3. The Labute approximate surface area is 133 Å². The van der Waals surface area contributed by atoms with Crippen LogP contribution >= 0.6 is 22.6 Å². The highest BCUT2D eigenvalue weighted by Gasteiger charge is 2.35. The predicted molar refractivity (Wildman–Crippen MR) is 83.2 cm³/mol. The van der Waals surface area contributed by atoms with Gasteiger partial charge in [0, 0.05) is 20.0 Å². The molecule has 0 radical (unpaired) electrons. The molecule has 7 heteroatoms. The van der Waals surface area contributed by atoms with Crippen molar-refractivity contribution in [2.75, 3.05) is 14.2 Å². The van der Waals surface area contributed by atoms with Crippen LogP contribution in [0.25, 0.3) is 10.9 Å². The van der Waals surface area contributed by atoms with Gasteiger partial charge in [-0.3, -0.25) is 14.4 Å². The van der Waals surface area contributed by atoms with Crippen molar-refractivity contribution >= 4 is 51.7 Å². The molecule has 6 nitrogen and oxygen atoms in total. The maximum atomic E-state index is 11.9. The summed E-state index contributed by atoms with van der Waals surface area (Å²) < 4.78 is 10.1. The van der Waals surface area contributed by atoms with Crippen molar-refractivity contribution in [2.45, 2.75) is 5.92 Å². The third-order valence-electron chi connectivity index (χ3n) is 3.12. The average Bonchev–Trinajstić information content (AvgIpc) is 2.86. The molecule has 0 aliphatic heterocycles. The van der Waals surface area contributed by atoms with Crippen molar-refractivity contribution in [1.82, 2.24) is 4.98 Å². The van der Waals surface area contributed by atoms with Gasteiger partial charge in [0.2, 0.25) is 0 Å². The van der Waals surface area contributed by atoms with Crippen LogP contribution in [0.5, 0.6) is 0 Å². The molecule has 21 heavy (non-hydrogen) atoms. The quantitative estimate of drug-likeness (QED) is 0.367. The fraction of sp³-hybridized carbons (Fsp3) is 0.214. The van der Waals surface area contributed by atoms with Gasteiger partial charge in [0.1, 0.15) is 0 Å². The highest BCUT2D eigenvalue weighted by molar-refractivity contribution is 14.1. The third kappa shape index (κ3) is 2.65. The maximum Gasteiger partial charge on any atom is 0.326 e. The Hall–Kier alpha value is -1.90. The van der Waals surface area contributed by atoms with Crippen molar-refractivity contribution in [3.8, 4) is 0 Å². The molecule has 1 aromatic heterocycles. The zero-order chi connectivity index (χ0) is 15.6. The predicted octanol–water partition coefficient (Wildman–Crippen LogP) is 2.01. The molecule has 2 rings (SSSR count). The highest BCUT2D eigenvalue weighted by atomic mass is 127. The first kappa shape index (κ1) is 15.5. The van der Waals surface area contributed by atoms with Crippen molar-refractivity contribution in [3.05, 3.63) is 33.0 Å². The van der Waals surface area contributed by atoms with E-state index in [9.17, 15) is 14.4 Å². The van der Waals surface area contributed by atoms with Crippen LogP contribution in [-0.4, -0.2) is 37.4 Å². The molecule has 0 unspecified atom stereocenters. The number of benzene rings is 1. The number of fused-ring (bicyclic) bond motifs is 1. The lowest BCUT2D eigenvalue weighted by molar-refractivity contribution is -0.154.